The first-order valence-electron chi connectivity index (χ1n) is 7.55. The van der Waals surface area contributed by atoms with Crippen molar-refractivity contribution in [3.05, 3.63) is 29.6 Å². The van der Waals surface area contributed by atoms with Gasteiger partial charge in [0.2, 0.25) is 5.91 Å². The number of nitrogens with zero attached hydrogens (tertiary/aromatic N) is 2. The molecule has 0 unspecified atom stereocenters. The minimum absolute atomic E-state index is 0.0782. The Bertz CT molecular complexity index is 574. The third kappa shape index (κ3) is 4.05. The molecule has 1 aliphatic heterocycles. The summed E-state index contributed by atoms with van der Waals surface area (Å²) >= 11 is 0. The van der Waals surface area contributed by atoms with Crippen LogP contribution in [0.3, 0.4) is 0 Å². The molecule has 0 aromatic carbocycles. The quantitative estimate of drug-likeness (QED) is 0.848. The lowest BCUT2D eigenvalue weighted by molar-refractivity contribution is -0.150. The minimum Gasteiger partial charge on any atom is -0.382 e. The third-order valence-corrected chi connectivity index (χ3v) is 3.96. The van der Waals surface area contributed by atoms with Gasteiger partial charge in [-0.25, -0.2) is 0 Å². The summed E-state index contributed by atoms with van der Waals surface area (Å²) in [6.45, 7) is 3.28. The second-order valence-electron chi connectivity index (χ2n) is 5.73. The first-order chi connectivity index (χ1) is 11.0. The van der Waals surface area contributed by atoms with Gasteiger partial charge in [0.1, 0.15) is 5.60 Å². The van der Waals surface area contributed by atoms with E-state index in [9.17, 15) is 9.59 Å². The highest BCUT2D eigenvalue weighted by Crippen LogP contribution is 2.24. The number of hydrogen-bond donors (Lipinski definition) is 1. The molecule has 0 saturated carbocycles. The maximum absolute atomic E-state index is 12.8. The Kier molecular flexibility index (Phi) is 5.68. The molecule has 1 atom stereocenters. The number of rotatable bonds is 5. The molecule has 23 heavy (non-hydrogen) atoms. The number of morpholine rings is 1. The van der Waals surface area contributed by atoms with Crippen molar-refractivity contribution in [1.82, 2.24) is 15.2 Å². The van der Waals surface area contributed by atoms with Gasteiger partial charge in [0.25, 0.3) is 5.91 Å². The maximum atomic E-state index is 12.8. The average molecular weight is 321 g/mol. The van der Waals surface area contributed by atoms with Crippen LogP contribution in [0, 0.1) is 6.92 Å². The molecular weight excluding hydrogens is 298 g/mol. The molecule has 0 aliphatic carbocycles. The summed E-state index contributed by atoms with van der Waals surface area (Å²) in [7, 11) is 3.14. The molecule has 126 valence electrons. The molecule has 1 fully saturated rings. The smallest absolute Gasteiger partial charge is 0.254 e. The molecule has 0 spiro atoms. The van der Waals surface area contributed by atoms with E-state index < -0.39 is 5.60 Å². The predicted octanol–water partition coefficient (Wildman–Crippen LogP) is 0.384. The van der Waals surface area contributed by atoms with Crippen LogP contribution >= 0.6 is 0 Å². The second-order valence-corrected chi connectivity index (χ2v) is 5.73. The summed E-state index contributed by atoms with van der Waals surface area (Å²) in [6, 6.07) is 1.71. The molecule has 1 aromatic rings. The van der Waals surface area contributed by atoms with E-state index in [2.05, 4.69) is 10.3 Å². The van der Waals surface area contributed by atoms with E-state index >= 15 is 0 Å². The van der Waals surface area contributed by atoms with E-state index in [-0.39, 0.29) is 24.8 Å². The van der Waals surface area contributed by atoms with Crippen LogP contribution in [0.2, 0.25) is 0 Å². The number of aromatic nitrogens is 1. The summed E-state index contributed by atoms with van der Waals surface area (Å²) in [5.74, 6) is -0.220. The largest absolute Gasteiger partial charge is 0.382 e. The lowest BCUT2D eigenvalue weighted by atomic mass is 9.96. The van der Waals surface area contributed by atoms with Gasteiger partial charge in [0.15, 0.2) is 0 Å². The zero-order chi connectivity index (χ0) is 16.9. The van der Waals surface area contributed by atoms with Crippen molar-refractivity contribution in [2.45, 2.75) is 18.9 Å². The monoisotopic (exact) mass is 321 g/mol. The molecule has 7 heteroatoms. The van der Waals surface area contributed by atoms with Crippen molar-refractivity contribution < 1.29 is 19.1 Å². The van der Waals surface area contributed by atoms with Crippen molar-refractivity contribution >= 4 is 11.8 Å². The van der Waals surface area contributed by atoms with Gasteiger partial charge >= 0.3 is 0 Å². The van der Waals surface area contributed by atoms with E-state index in [1.54, 1.807) is 37.5 Å². The van der Waals surface area contributed by atoms with Crippen LogP contribution < -0.4 is 5.32 Å². The molecule has 7 nitrogen and oxygen atoms in total. The number of ether oxygens (including phenoxy) is 2. The van der Waals surface area contributed by atoms with Gasteiger partial charge in [-0.15, -0.1) is 0 Å². The van der Waals surface area contributed by atoms with Gasteiger partial charge in [0, 0.05) is 38.7 Å². The highest BCUT2D eigenvalue weighted by molar-refractivity contribution is 5.95. The zero-order valence-electron chi connectivity index (χ0n) is 13.8. The molecule has 2 amide bonds. The number of nitrogens with one attached hydrogen (secondary N) is 1. The summed E-state index contributed by atoms with van der Waals surface area (Å²) < 4.78 is 11.1. The third-order valence-electron chi connectivity index (χ3n) is 3.96. The number of carbonyl (C=O) groups excluding carboxylic acids is 2. The summed E-state index contributed by atoms with van der Waals surface area (Å²) in [6.07, 6.45) is 3.42. The fraction of sp³-hybridized carbons (Fsp3) is 0.562. The summed E-state index contributed by atoms with van der Waals surface area (Å²) in [5.41, 5.74) is 0.629. The summed E-state index contributed by atoms with van der Waals surface area (Å²) in [4.78, 5) is 30.3. The van der Waals surface area contributed by atoms with Crippen LogP contribution in [0.5, 0.6) is 0 Å². The van der Waals surface area contributed by atoms with Crippen LogP contribution in [-0.2, 0) is 14.3 Å². The Labute approximate surface area is 136 Å². The number of hydrogen-bond acceptors (Lipinski definition) is 5. The molecule has 1 aromatic heterocycles. The Morgan fingerprint density at radius 3 is 2.96 bits per heavy atom. The Hall–Kier alpha value is -1.99. The van der Waals surface area contributed by atoms with Crippen molar-refractivity contribution in [1.29, 1.82) is 0 Å². The van der Waals surface area contributed by atoms with Gasteiger partial charge in [-0.3, -0.25) is 14.6 Å². The van der Waals surface area contributed by atoms with Crippen molar-refractivity contribution in [2.75, 3.05) is 40.5 Å². The van der Waals surface area contributed by atoms with Gasteiger partial charge < -0.3 is 19.7 Å². The molecule has 1 saturated heterocycles. The molecule has 0 bridgehead atoms. The number of carbonyl (C=O) groups is 2. The van der Waals surface area contributed by atoms with E-state index in [0.29, 0.717) is 25.3 Å². The SMILES string of the molecule is CNC(=O)C[C@@]1(COC)CN(C(=O)c2ccncc2C)CCO1. The van der Waals surface area contributed by atoms with Crippen LogP contribution in [0.4, 0.5) is 0 Å². The maximum Gasteiger partial charge on any atom is 0.254 e. The molecule has 2 heterocycles. The van der Waals surface area contributed by atoms with Crippen LogP contribution in [-0.4, -0.2) is 67.8 Å². The van der Waals surface area contributed by atoms with Crippen molar-refractivity contribution in [3.63, 3.8) is 0 Å². The van der Waals surface area contributed by atoms with Crippen molar-refractivity contribution in [3.8, 4) is 0 Å². The number of aryl methyl sites for hydroxylation is 1. The topological polar surface area (TPSA) is 80.8 Å². The van der Waals surface area contributed by atoms with Crippen molar-refractivity contribution in [2.24, 2.45) is 0 Å². The van der Waals surface area contributed by atoms with Crippen LogP contribution in [0.1, 0.15) is 22.3 Å². The minimum atomic E-state index is -0.816. The lowest BCUT2D eigenvalue weighted by Crippen LogP contribution is -2.57. The van der Waals surface area contributed by atoms with Gasteiger partial charge in [-0.05, 0) is 18.6 Å². The first kappa shape index (κ1) is 17.4. The van der Waals surface area contributed by atoms with E-state index in [0.717, 1.165) is 5.56 Å². The number of pyridine rings is 1. The average Bonchev–Trinajstić information content (AvgIpc) is 2.55. The van der Waals surface area contributed by atoms with Gasteiger partial charge in [0.05, 0.1) is 26.2 Å². The molecule has 0 radical (unpaired) electrons. The standard InChI is InChI=1S/C16H23N3O4/c1-12-9-18-5-4-13(12)15(21)19-6-7-23-16(10-19,11-22-3)8-14(20)17-2/h4-5,9H,6-8,10-11H2,1-3H3,(H,17,20)/t16-/m0/s1. The van der Waals surface area contributed by atoms with Gasteiger partial charge in [-0.1, -0.05) is 0 Å². The predicted molar refractivity (Wildman–Crippen MR) is 84.1 cm³/mol. The van der Waals surface area contributed by atoms with E-state index in [1.807, 2.05) is 6.92 Å². The van der Waals surface area contributed by atoms with E-state index in [4.69, 9.17) is 9.47 Å². The Balaban J connectivity index is 2.19. The van der Waals surface area contributed by atoms with Crippen LogP contribution in [0.15, 0.2) is 18.5 Å². The number of methoxy groups -OCH3 is 1. The molecule has 1 N–H and O–H groups in total. The lowest BCUT2D eigenvalue weighted by Gasteiger charge is -2.42. The highest BCUT2D eigenvalue weighted by Gasteiger charge is 2.40. The second kappa shape index (κ2) is 7.52. The van der Waals surface area contributed by atoms with Gasteiger partial charge in [-0.2, -0.15) is 0 Å². The zero-order valence-corrected chi connectivity index (χ0v) is 13.8. The fourth-order valence-corrected chi connectivity index (χ4v) is 2.79. The molecular formula is C16H23N3O4. The fourth-order valence-electron chi connectivity index (χ4n) is 2.79. The summed E-state index contributed by atoms with van der Waals surface area (Å²) in [5, 5.41) is 2.59. The number of amides is 2. The first-order valence-corrected chi connectivity index (χ1v) is 7.55. The van der Waals surface area contributed by atoms with Crippen LogP contribution in [0.25, 0.3) is 0 Å². The molecule has 2 rings (SSSR count). The van der Waals surface area contributed by atoms with E-state index in [1.165, 1.54) is 0 Å². The highest BCUT2D eigenvalue weighted by atomic mass is 16.5. The Morgan fingerprint density at radius 1 is 1.52 bits per heavy atom. The normalized spacial score (nSPS) is 21.1. The Morgan fingerprint density at radius 2 is 2.30 bits per heavy atom. The molecule has 1 aliphatic rings.